The quantitative estimate of drug-likeness (QED) is 0.256. The summed E-state index contributed by atoms with van der Waals surface area (Å²) < 4.78 is 67.5. The number of piperazine rings is 1. The first-order valence-corrected chi connectivity index (χ1v) is 18.2. The third-order valence-electron chi connectivity index (χ3n) is 8.56. The van der Waals surface area contributed by atoms with Crippen molar-refractivity contribution in [3.05, 3.63) is 66.7 Å². The predicted molar refractivity (Wildman–Crippen MR) is 169 cm³/mol. The van der Waals surface area contributed by atoms with Crippen LogP contribution in [0.25, 0.3) is 0 Å². The number of nitrogens with zero attached hydrogens (tertiary/aromatic N) is 2. The second kappa shape index (κ2) is 13.4. The molecule has 5 rings (SSSR count). The second-order valence-electron chi connectivity index (χ2n) is 12.2. The van der Waals surface area contributed by atoms with Crippen LogP contribution in [0.1, 0.15) is 31.7 Å². The van der Waals surface area contributed by atoms with E-state index in [9.17, 15) is 26.7 Å². The number of hydrogen-bond acceptors (Lipinski definition) is 9. The van der Waals surface area contributed by atoms with Gasteiger partial charge in [-0.15, -0.1) is 6.58 Å². The second-order valence-corrected chi connectivity index (χ2v) is 16.2. The summed E-state index contributed by atoms with van der Waals surface area (Å²) >= 11 is 0. The van der Waals surface area contributed by atoms with Crippen LogP contribution in [0.15, 0.2) is 66.1 Å². The maximum Gasteiger partial charge on any atom is 0.243 e. The Hall–Kier alpha value is -3.01. The first-order chi connectivity index (χ1) is 21.4. The van der Waals surface area contributed by atoms with E-state index in [0.717, 1.165) is 5.56 Å². The Morgan fingerprint density at radius 3 is 2.47 bits per heavy atom. The molecule has 2 aromatic rings. The molecule has 0 spiro atoms. The van der Waals surface area contributed by atoms with Gasteiger partial charge in [0.15, 0.2) is 11.5 Å². The SMILES string of the molecule is C=C[C@H](CS(=O)(=O)N1CCNCC1)C(=O)N[C@@]1([C@H](O)CN(CC(C)C)S(=O)(=O)c2ccc3c(c2)OCO3)CC1c1ccccc1. The molecule has 3 N–H and O–H groups in total. The zero-order valence-electron chi connectivity index (χ0n) is 25.6. The van der Waals surface area contributed by atoms with Gasteiger partial charge in [0.25, 0.3) is 0 Å². The molecule has 1 saturated heterocycles. The lowest BCUT2D eigenvalue weighted by Gasteiger charge is -2.32. The van der Waals surface area contributed by atoms with Crippen LogP contribution in [0, 0.1) is 11.8 Å². The zero-order valence-corrected chi connectivity index (χ0v) is 27.2. The number of hydrogen-bond donors (Lipinski definition) is 3. The highest BCUT2D eigenvalue weighted by molar-refractivity contribution is 7.89. The highest BCUT2D eigenvalue weighted by Gasteiger charge is 2.61. The normalized spacial score (nSPS) is 23.1. The fourth-order valence-electron chi connectivity index (χ4n) is 6.02. The van der Waals surface area contributed by atoms with Crippen LogP contribution in [0.5, 0.6) is 11.5 Å². The summed E-state index contributed by atoms with van der Waals surface area (Å²) in [5, 5.41) is 17.9. The molecule has 2 heterocycles. The van der Waals surface area contributed by atoms with Gasteiger partial charge >= 0.3 is 0 Å². The molecule has 3 aliphatic rings. The largest absolute Gasteiger partial charge is 0.454 e. The Bertz CT molecular complexity index is 1600. The fraction of sp³-hybridized carbons (Fsp3) is 0.516. The topological polar surface area (TPSA) is 155 Å². The van der Waals surface area contributed by atoms with Crippen LogP contribution in [-0.4, -0.2) is 99.9 Å². The minimum absolute atomic E-state index is 0.00140. The third kappa shape index (κ3) is 7.21. The van der Waals surface area contributed by atoms with E-state index in [1.807, 2.05) is 44.2 Å². The molecule has 2 aliphatic heterocycles. The number of sulfonamides is 2. The van der Waals surface area contributed by atoms with Crippen molar-refractivity contribution < 1.29 is 36.2 Å². The monoisotopic (exact) mass is 662 g/mol. The van der Waals surface area contributed by atoms with Crippen molar-refractivity contribution in [2.24, 2.45) is 11.8 Å². The van der Waals surface area contributed by atoms with E-state index < -0.39 is 49.3 Å². The van der Waals surface area contributed by atoms with Gasteiger partial charge in [0.05, 0.1) is 28.2 Å². The lowest BCUT2D eigenvalue weighted by Crippen LogP contribution is -2.55. The minimum atomic E-state index is -4.09. The zero-order chi connectivity index (χ0) is 32.4. The molecule has 0 aromatic heterocycles. The van der Waals surface area contributed by atoms with Crippen molar-refractivity contribution in [3.8, 4) is 11.5 Å². The van der Waals surface area contributed by atoms with Crippen LogP contribution in [-0.2, 0) is 24.8 Å². The lowest BCUT2D eigenvalue weighted by molar-refractivity contribution is -0.125. The van der Waals surface area contributed by atoms with Crippen molar-refractivity contribution in [2.45, 2.75) is 42.7 Å². The minimum Gasteiger partial charge on any atom is -0.454 e. The molecule has 0 radical (unpaired) electrons. The third-order valence-corrected chi connectivity index (χ3v) is 12.3. The highest BCUT2D eigenvalue weighted by Crippen LogP contribution is 2.54. The van der Waals surface area contributed by atoms with Crippen molar-refractivity contribution in [1.82, 2.24) is 19.2 Å². The number of ether oxygens (including phenoxy) is 2. The first-order valence-electron chi connectivity index (χ1n) is 15.1. The molecule has 2 aromatic carbocycles. The fourth-order valence-corrected chi connectivity index (χ4v) is 9.33. The maximum atomic E-state index is 13.9. The van der Waals surface area contributed by atoms with Crippen LogP contribution in [0.4, 0.5) is 0 Å². The van der Waals surface area contributed by atoms with E-state index in [-0.39, 0.29) is 36.6 Å². The molecule has 246 valence electrons. The molecule has 1 saturated carbocycles. The molecular weight excluding hydrogens is 620 g/mol. The number of nitrogens with one attached hydrogen (secondary N) is 2. The molecule has 1 amide bonds. The molecule has 2 fully saturated rings. The Balaban J connectivity index is 1.40. The van der Waals surface area contributed by atoms with Crippen LogP contribution in [0.2, 0.25) is 0 Å². The van der Waals surface area contributed by atoms with E-state index in [2.05, 4.69) is 17.2 Å². The summed E-state index contributed by atoms with van der Waals surface area (Å²) in [4.78, 5) is 13.7. The van der Waals surface area contributed by atoms with E-state index in [1.165, 1.54) is 32.9 Å². The number of rotatable bonds is 14. The molecule has 14 heteroatoms. The summed E-state index contributed by atoms with van der Waals surface area (Å²) in [7, 11) is -7.85. The number of amides is 1. The Labute approximate surface area is 265 Å². The number of benzene rings is 2. The van der Waals surface area contributed by atoms with Crippen molar-refractivity contribution in [2.75, 3.05) is 51.8 Å². The molecule has 12 nitrogen and oxygen atoms in total. The molecular formula is C31H42N4O8S2. The van der Waals surface area contributed by atoms with E-state index in [1.54, 1.807) is 0 Å². The summed E-state index contributed by atoms with van der Waals surface area (Å²) in [5.74, 6) is -1.74. The van der Waals surface area contributed by atoms with Crippen LogP contribution < -0.4 is 20.1 Å². The predicted octanol–water partition coefficient (Wildman–Crippen LogP) is 1.50. The summed E-state index contributed by atoms with van der Waals surface area (Å²) in [6, 6.07) is 13.7. The van der Waals surface area contributed by atoms with Crippen LogP contribution in [0.3, 0.4) is 0 Å². The number of carbonyl (C=O) groups excluding carboxylic acids is 1. The Morgan fingerprint density at radius 1 is 1.11 bits per heavy atom. The summed E-state index contributed by atoms with van der Waals surface area (Å²) in [5.41, 5.74) is -0.354. The number of fused-ring (bicyclic) bond motifs is 1. The molecule has 45 heavy (non-hydrogen) atoms. The molecule has 4 atom stereocenters. The van der Waals surface area contributed by atoms with E-state index in [0.29, 0.717) is 44.1 Å². The standard InChI is InChI=1S/C31H42N4O8S2/c1-4-23(20-44(38,39)34-14-12-32-13-15-34)30(37)33-31(17-26(31)24-8-6-5-7-9-24)29(36)19-35(18-22(2)3)45(40,41)25-10-11-27-28(16-25)43-21-42-27/h4-11,16,22-23,26,29,32,36H,1,12-15,17-21H2,2-3H3,(H,33,37)/t23-,26?,29-,31+/m1/s1. The summed E-state index contributed by atoms with van der Waals surface area (Å²) in [6.07, 6.45) is 0.340. The van der Waals surface area contributed by atoms with Crippen molar-refractivity contribution in [3.63, 3.8) is 0 Å². The average Bonchev–Trinajstić information content (AvgIpc) is 3.56. The average molecular weight is 663 g/mol. The smallest absolute Gasteiger partial charge is 0.243 e. The molecule has 1 unspecified atom stereocenters. The van der Waals surface area contributed by atoms with Gasteiger partial charge in [-0.1, -0.05) is 50.3 Å². The molecule has 0 bridgehead atoms. The number of aliphatic hydroxyl groups excluding tert-OH is 1. The van der Waals surface area contributed by atoms with Gasteiger partial charge in [0.2, 0.25) is 32.7 Å². The van der Waals surface area contributed by atoms with Gasteiger partial charge in [-0.2, -0.15) is 8.61 Å². The van der Waals surface area contributed by atoms with Crippen molar-refractivity contribution in [1.29, 1.82) is 0 Å². The maximum absolute atomic E-state index is 13.9. The highest BCUT2D eigenvalue weighted by atomic mass is 32.2. The van der Waals surface area contributed by atoms with E-state index >= 15 is 0 Å². The first kappa shape index (κ1) is 33.4. The molecule has 1 aliphatic carbocycles. The Morgan fingerprint density at radius 2 is 1.80 bits per heavy atom. The van der Waals surface area contributed by atoms with Gasteiger partial charge in [-0.3, -0.25) is 4.79 Å². The van der Waals surface area contributed by atoms with Crippen molar-refractivity contribution >= 4 is 26.0 Å². The van der Waals surface area contributed by atoms with Gasteiger partial charge in [-0.05, 0) is 30.0 Å². The number of carbonyl (C=O) groups is 1. The summed E-state index contributed by atoms with van der Waals surface area (Å²) in [6.45, 7) is 8.99. The van der Waals surface area contributed by atoms with Gasteiger partial charge in [0, 0.05) is 51.3 Å². The van der Waals surface area contributed by atoms with E-state index in [4.69, 9.17) is 9.47 Å². The Kier molecular flexibility index (Phi) is 9.92. The van der Waals surface area contributed by atoms with Gasteiger partial charge in [-0.25, -0.2) is 16.8 Å². The van der Waals surface area contributed by atoms with Crippen LogP contribution >= 0.6 is 0 Å². The van der Waals surface area contributed by atoms with Gasteiger partial charge < -0.3 is 25.2 Å². The number of aliphatic hydroxyl groups is 1. The lowest BCUT2D eigenvalue weighted by atomic mass is 9.99. The van der Waals surface area contributed by atoms with Gasteiger partial charge in [0.1, 0.15) is 0 Å².